The summed E-state index contributed by atoms with van der Waals surface area (Å²) in [5.74, 6) is 0.303. The van der Waals surface area contributed by atoms with Crippen molar-refractivity contribution in [2.45, 2.75) is 37.1 Å². The van der Waals surface area contributed by atoms with E-state index in [4.69, 9.17) is 0 Å². The van der Waals surface area contributed by atoms with E-state index in [2.05, 4.69) is 25.5 Å². The van der Waals surface area contributed by atoms with Crippen LogP contribution in [0.15, 0.2) is 58.6 Å². The number of fused-ring (bicyclic) bond motifs is 2. The van der Waals surface area contributed by atoms with Crippen LogP contribution in [0.5, 0.6) is 0 Å². The van der Waals surface area contributed by atoms with Crippen molar-refractivity contribution in [1.29, 1.82) is 0 Å². The van der Waals surface area contributed by atoms with Crippen LogP contribution in [-0.4, -0.2) is 39.1 Å². The van der Waals surface area contributed by atoms with Crippen LogP contribution in [0, 0.1) is 20.8 Å². The number of nitrogens with zero attached hydrogens (tertiary/aromatic N) is 4. The van der Waals surface area contributed by atoms with E-state index in [1.54, 1.807) is 43.1 Å². The van der Waals surface area contributed by atoms with Crippen LogP contribution in [0.4, 0.5) is 0 Å². The number of carbonyl (C=O) groups excluding carboxylic acids is 1. The van der Waals surface area contributed by atoms with Crippen molar-refractivity contribution in [2.24, 2.45) is 7.05 Å². The van der Waals surface area contributed by atoms with Gasteiger partial charge in [0.15, 0.2) is 0 Å². The summed E-state index contributed by atoms with van der Waals surface area (Å²) in [7, 11) is -2.17. The number of aryl methyl sites for hydroxylation is 2. The van der Waals surface area contributed by atoms with Gasteiger partial charge in [-0.2, -0.15) is 5.10 Å². The number of amides is 1. The highest BCUT2D eigenvalue weighted by Crippen LogP contribution is 2.30. The van der Waals surface area contributed by atoms with E-state index in [0.717, 1.165) is 27.5 Å². The quantitative estimate of drug-likeness (QED) is 0.390. The summed E-state index contributed by atoms with van der Waals surface area (Å²) in [5.41, 5.74) is 3.99. The highest BCUT2D eigenvalue weighted by atomic mass is 32.2. The molecule has 3 aromatic heterocycles. The zero-order valence-electron chi connectivity index (χ0n) is 19.7. The van der Waals surface area contributed by atoms with Crippen molar-refractivity contribution in [3.8, 4) is 0 Å². The molecule has 5 rings (SSSR count). The Morgan fingerprint density at radius 3 is 2.71 bits per heavy atom. The lowest BCUT2D eigenvalue weighted by Crippen LogP contribution is -2.25. The molecule has 35 heavy (non-hydrogen) atoms. The van der Waals surface area contributed by atoms with E-state index in [1.165, 1.54) is 6.07 Å². The minimum absolute atomic E-state index is 0.0985. The average Bonchev–Trinajstić information content (AvgIpc) is 3.42. The molecule has 0 bridgehead atoms. The third-order valence-electron chi connectivity index (χ3n) is 6.32. The number of hydrogen-bond acceptors (Lipinski definition) is 6. The van der Waals surface area contributed by atoms with Gasteiger partial charge in [0.25, 0.3) is 5.91 Å². The van der Waals surface area contributed by atoms with Gasteiger partial charge in [0, 0.05) is 36.3 Å². The maximum absolute atomic E-state index is 13.5. The molecule has 3 heterocycles. The first-order valence-electron chi connectivity index (χ1n) is 11.0. The molecule has 0 aliphatic heterocycles. The van der Waals surface area contributed by atoms with Crippen molar-refractivity contribution >= 4 is 37.6 Å². The van der Waals surface area contributed by atoms with Crippen LogP contribution < -0.4 is 5.32 Å². The Hall–Kier alpha value is -4.05. The number of H-pyrrole nitrogens is 1. The molecule has 2 aromatic carbocycles. The van der Waals surface area contributed by atoms with Crippen molar-refractivity contribution in [2.75, 3.05) is 0 Å². The molecule has 9 nitrogen and oxygen atoms in total. The van der Waals surface area contributed by atoms with Crippen LogP contribution in [0.25, 0.3) is 21.8 Å². The lowest BCUT2D eigenvalue weighted by atomic mass is 10.1. The summed E-state index contributed by atoms with van der Waals surface area (Å²) in [6.07, 6.45) is 3.34. The number of sulfone groups is 1. The lowest BCUT2D eigenvalue weighted by Gasteiger charge is -2.09. The molecular formula is C25H24N6O3S. The van der Waals surface area contributed by atoms with E-state index < -0.39 is 9.84 Å². The fourth-order valence-corrected chi connectivity index (χ4v) is 5.93. The number of rotatable bonds is 5. The van der Waals surface area contributed by atoms with Gasteiger partial charge in [-0.3, -0.25) is 9.89 Å². The van der Waals surface area contributed by atoms with Gasteiger partial charge in [0.1, 0.15) is 11.5 Å². The van der Waals surface area contributed by atoms with Gasteiger partial charge in [-0.25, -0.2) is 18.4 Å². The fraction of sp³-hybridized carbons (Fsp3) is 0.200. The molecule has 0 fully saturated rings. The van der Waals surface area contributed by atoms with Crippen LogP contribution in [0.3, 0.4) is 0 Å². The average molecular weight is 489 g/mol. The number of benzene rings is 2. The number of carbonyl (C=O) groups is 1. The molecule has 5 aromatic rings. The molecule has 10 heteroatoms. The summed E-state index contributed by atoms with van der Waals surface area (Å²) in [6, 6.07) is 10.3. The van der Waals surface area contributed by atoms with Crippen LogP contribution in [-0.2, 0) is 23.4 Å². The van der Waals surface area contributed by atoms with Gasteiger partial charge in [-0.1, -0.05) is 12.1 Å². The maximum Gasteiger partial charge on any atom is 0.268 e. The van der Waals surface area contributed by atoms with E-state index in [-0.39, 0.29) is 27.9 Å². The van der Waals surface area contributed by atoms with Gasteiger partial charge in [-0.05, 0) is 56.2 Å². The Bertz CT molecular complexity index is 1730. The molecule has 1 amide bonds. The smallest absolute Gasteiger partial charge is 0.268 e. The van der Waals surface area contributed by atoms with Gasteiger partial charge in [-0.15, -0.1) is 0 Å². The Labute approximate surface area is 202 Å². The predicted octanol–water partition coefficient (Wildman–Crippen LogP) is 3.53. The van der Waals surface area contributed by atoms with E-state index >= 15 is 0 Å². The first-order chi connectivity index (χ1) is 16.7. The zero-order valence-corrected chi connectivity index (χ0v) is 20.6. The minimum Gasteiger partial charge on any atom is -0.347 e. The van der Waals surface area contributed by atoms with Crippen LogP contribution in [0.1, 0.15) is 33.1 Å². The fourth-order valence-electron chi connectivity index (χ4n) is 4.27. The highest BCUT2D eigenvalue weighted by Gasteiger charge is 2.27. The number of aromatic nitrogens is 5. The molecule has 0 aliphatic rings. The van der Waals surface area contributed by atoms with Crippen molar-refractivity contribution < 1.29 is 13.2 Å². The molecule has 0 atom stereocenters. The summed E-state index contributed by atoms with van der Waals surface area (Å²) < 4.78 is 28.6. The van der Waals surface area contributed by atoms with Crippen LogP contribution >= 0.6 is 0 Å². The second kappa shape index (κ2) is 8.31. The second-order valence-electron chi connectivity index (χ2n) is 8.57. The Kier molecular flexibility index (Phi) is 5.40. The third kappa shape index (κ3) is 3.85. The molecular weight excluding hydrogens is 464 g/mol. The third-order valence-corrected chi connectivity index (χ3v) is 8.16. The van der Waals surface area contributed by atoms with Crippen molar-refractivity contribution in [1.82, 2.24) is 30.0 Å². The Morgan fingerprint density at radius 2 is 1.91 bits per heavy atom. The Balaban J connectivity index is 1.45. The maximum atomic E-state index is 13.5. The molecule has 0 unspecified atom stereocenters. The summed E-state index contributed by atoms with van der Waals surface area (Å²) in [6.45, 7) is 5.60. The normalized spacial score (nSPS) is 11.9. The predicted molar refractivity (Wildman–Crippen MR) is 132 cm³/mol. The molecule has 0 spiro atoms. The topological polar surface area (TPSA) is 123 Å². The standard InChI is InChI=1S/C25H24N6O3S/c1-14-8-19(9-18-12-28-30-24(14)18)35(33,34)23-10-22(31(4)15(23)2)25(32)27-11-17-6-5-7-21-20(17)13-26-16(3)29-21/h5-10,12-13H,11H2,1-4H3,(H,27,32)(H,28,30). The van der Waals surface area contributed by atoms with Gasteiger partial charge in [0.2, 0.25) is 9.84 Å². The monoisotopic (exact) mass is 488 g/mol. The molecule has 2 N–H and O–H groups in total. The molecule has 0 radical (unpaired) electrons. The largest absolute Gasteiger partial charge is 0.347 e. The van der Waals surface area contributed by atoms with Crippen molar-refractivity contribution in [3.05, 3.63) is 77.1 Å². The number of nitrogens with one attached hydrogen (secondary N) is 2. The summed E-state index contributed by atoms with van der Waals surface area (Å²) >= 11 is 0. The number of aromatic amines is 1. The SMILES string of the molecule is Cc1ncc2c(CNC(=O)c3cc(S(=O)(=O)c4cc(C)c5[nH]ncc5c4)c(C)n3C)cccc2n1. The second-order valence-corrected chi connectivity index (χ2v) is 10.5. The van der Waals surface area contributed by atoms with E-state index in [0.29, 0.717) is 16.9 Å². The van der Waals surface area contributed by atoms with Gasteiger partial charge < -0.3 is 9.88 Å². The summed E-state index contributed by atoms with van der Waals surface area (Å²) in [5, 5.41) is 11.3. The van der Waals surface area contributed by atoms with Crippen LogP contribution in [0.2, 0.25) is 0 Å². The summed E-state index contributed by atoms with van der Waals surface area (Å²) in [4.78, 5) is 22.0. The molecule has 0 saturated carbocycles. The number of hydrogen-bond donors (Lipinski definition) is 2. The molecule has 0 saturated heterocycles. The lowest BCUT2D eigenvalue weighted by molar-refractivity contribution is 0.0942. The van der Waals surface area contributed by atoms with Gasteiger partial charge >= 0.3 is 0 Å². The molecule has 0 aliphatic carbocycles. The highest BCUT2D eigenvalue weighted by molar-refractivity contribution is 7.91. The minimum atomic E-state index is -3.86. The first kappa shape index (κ1) is 22.7. The van der Waals surface area contributed by atoms with E-state index in [9.17, 15) is 13.2 Å². The van der Waals surface area contributed by atoms with E-state index in [1.807, 2.05) is 32.0 Å². The van der Waals surface area contributed by atoms with Gasteiger partial charge in [0.05, 0.1) is 27.0 Å². The Morgan fingerprint density at radius 1 is 1.11 bits per heavy atom. The first-order valence-corrected chi connectivity index (χ1v) is 12.5. The molecule has 178 valence electrons. The van der Waals surface area contributed by atoms with Crippen molar-refractivity contribution in [3.63, 3.8) is 0 Å². The zero-order chi connectivity index (χ0) is 24.9.